The molecule has 0 amide bonds. The van der Waals surface area contributed by atoms with Gasteiger partial charge in [-0.25, -0.2) is 0 Å². The zero-order valence-corrected chi connectivity index (χ0v) is 11.5. The second kappa shape index (κ2) is 5.55. The van der Waals surface area contributed by atoms with E-state index in [0.29, 0.717) is 6.04 Å². The fourth-order valence-corrected chi connectivity index (χ4v) is 3.49. The smallest absolute Gasteiger partial charge is 0.100 e. The molecule has 1 aliphatic rings. The van der Waals surface area contributed by atoms with Gasteiger partial charge >= 0.3 is 0 Å². The van der Waals surface area contributed by atoms with Gasteiger partial charge in [-0.1, -0.05) is 0 Å². The Morgan fingerprint density at radius 1 is 1.53 bits per heavy atom. The molecule has 4 nitrogen and oxygen atoms in total. The minimum absolute atomic E-state index is 0.563. The predicted molar refractivity (Wildman–Crippen MR) is 74.7 cm³/mol. The van der Waals surface area contributed by atoms with Gasteiger partial charge in [0, 0.05) is 35.2 Å². The first-order valence-electron chi connectivity index (χ1n) is 6.54. The van der Waals surface area contributed by atoms with Gasteiger partial charge in [-0.05, 0) is 31.5 Å². The molecule has 0 spiro atoms. The summed E-state index contributed by atoms with van der Waals surface area (Å²) in [5, 5.41) is 15.1. The van der Waals surface area contributed by atoms with Crippen LogP contribution in [0.2, 0.25) is 0 Å². The Balaban J connectivity index is 1.64. The molecular weight excluding hydrogens is 256 g/mol. The molecule has 0 aliphatic carbocycles. The van der Waals surface area contributed by atoms with Crippen molar-refractivity contribution >= 4 is 11.3 Å². The molecule has 2 aromatic heterocycles. The molecule has 1 aliphatic heterocycles. The molecule has 0 saturated carbocycles. The molecule has 0 bridgehead atoms. The van der Waals surface area contributed by atoms with Crippen molar-refractivity contribution in [2.75, 3.05) is 6.54 Å². The summed E-state index contributed by atoms with van der Waals surface area (Å²) in [6.07, 6.45) is 6.34. The highest BCUT2D eigenvalue weighted by molar-refractivity contribution is 7.10. The molecule has 1 atom stereocenters. The Kier molecular flexibility index (Phi) is 3.62. The number of aromatic nitrogens is 2. The zero-order chi connectivity index (χ0) is 13.1. The van der Waals surface area contributed by atoms with Gasteiger partial charge in [0.2, 0.25) is 0 Å². The zero-order valence-electron chi connectivity index (χ0n) is 10.7. The van der Waals surface area contributed by atoms with Crippen LogP contribution in [0.15, 0.2) is 29.9 Å². The molecule has 0 radical (unpaired) electrons. The van der Waals surface area contributed by atoms with Crippen LogP contribution in [0.5, 0.6) is 0 Å². The lowest BCUT2D eigenvalue weighted by molar-refractivity contribution is 0.221. The van der Waals surface area contributed by atoms with Crippen LogP contribution in [0.1, 0.15) is 23.3 Å². The summed E-state index contributed by atoms with van der Waals surface area (Å²) < 4.78 is 2.01. The van der Waals surface area contributed by atoms with E-state index in [1.54, 1.807) is 11.3 Å². The van der Waals surface area contributed by atoms with Crippen molar-refractivity contribution in [3.05, 3.63) is 40.3 Å². The van der Waals surface area contributed by atoms with Gasteiger partial charge in [0.25, 0.3) is 0 Å². The Labute approximate surface area is 116 Å². The van der Waals surface area contributed by atoms with E-state index < -0.39 is 0 Å². The van der Waals surface area contributed by atoms with E-state index in [2.05, 4.69) is 16.1 Å². The van der Waals surface area contributed by atoms with Crippen LogP contribution >= 0.6 is 11.3 Å². The summed E-state index contributed by atoms with van der Waals surface area (Å²) in [6.45, 7) is 3.06. The molecule has 0 aromatic carbocycles. The maximum Gasteiger partial charge on any atom is 0.100 e. The third-order valence-corrected chi connectivity index (χ3v) is 4.52. The molecule has 3 rings (SSSR count). The molecular formula is C14H16N4S. The van der Waals surface area contributed by atoms with Gasteiger partial charge in [-0.15, -0.1) is 11.3 Å². The highest BCUT2D eigenvalue weighted by atomic mass is 32.1. The van der Waals surface area contributed by atoms with E-state index in [4.69, 9.17) is 5.26 Å². The van der Waals surface area contributed by atoms with Crippen LogP contribution in [0.25, 0.3) is 0 Å². The van der Waals surface area contributed by atoms with Crippen LogP contribution in [0.3, 0.4) is 0 Å². The maximum absolute atomic E-state index is 8.87. The first-order valence-corrected chi connectivity index (χ1v) is 7.42. The third kappa shape index (κ3) is 2.86. The number of likely N-dealkylation sites (tertiary alicyclic amines) is 1. The number of thiophene rings is 1. The lowest BCUT2D eigenvalue weighted by Crippen LogP contribution is -2.32. The van der Waals surface area contributed by atoms with Crippen LogP contribution in [-0.4, -0.2) is 27.3 Å². The quantitative estimate of drug-likeness (QED) is 0.859. The summed E-state index contributed by atoms with van der Waals surface area (Å²) in [7, 11) is 0. The lowest BCUT2D eigenvalue weighted by Gasteiger charge is -2.23. The van der Waals surface area contributed by atoms with Gasteiger partial charge in [0.05, 0.1) is 12.1 Å². The summed E-state index contributed by atoms with van der Waals surface area (Å²) >= 11 is 1.68. The minimum Gasteiger partial charge on any atom is -0.293 e. The molecule has 1 fully saturated rings. The normalized spacial score (nSPS) is 19.6. The Morgan fingerprint density at radius 3 is 3.21 bits per heavy atom. The van der Waals surface area contributed by atoms with Gasteiger partial charge < -0.3 is 0 Å². The first kappa shape index (κ1) is 12.4. The fourth-order valence-electron chi connectivity index (χ4n) is 2.66. The number of nitrogens with zero attached hydrogens (tertiary/aromatic N) is 4. The van der Waals surface area contributed by atoms with Crippen LogP contribution < -0.4 is 0 Å². The number of hydrogen-bond acceptors (Lipinski definition) is 4. The summed E-state index contributed by atoms with van der Waals surface area (Å²) in [5.41, 5.74) is 0.780. The highest BCUT2D eigenvalue weighted by Crippen LogP contribution is 2.24. The maximum atomic E-state index is 8.87. The number of hydrogen-bond donors (Lipinski definition) is 0. The highest BCUT2D eigenvalue weighted by Gasteiger charge is 2.25. The fraction of sp³-hybridized carbons (Fsp3) is 0.429. The summed E-state index contributed by atoms with van der Waals surface area (Å²) in [5.74, 6) is 0. The van der Waals surface area contributed by atoms with Crippen molar-refractivity contribution < 1.29 is 0 Å². The topological polar surface area (TPSA) is 44.9 Å². The summed E-state index contributed by atoms with van der Waals surface area (Å²) in [4.78, 5) is 3.79. The SMILES string of the molecule is N#Cc1csc(CN2CCCC2Cn2cccn2)c1. The molecule has 3 heterocycles. The monoisotopic (exact) mass is 272 g/mol. The Hall–Kier alpha value is -1.64. The third-order valence-electron chi connectivity index (χ3n) is 3.60. The average Bonchev–Trinajstić information content (AvgIpc) is 3.14. The van der Waals surface area contributed by atoms with Crippen molar-refractivity contribution in [1.82, 2.24) is 14.7 Å². The number of nitriles is 1. The molecule has 5 heteroatoms. The molecule has 1 unspecified atom stereocenters. The van der Waals surface area contributed by atoms with E-state index in [9.17, 15) is 0 Å². The van der Waals surface area contributed by atoms with E-state index in [1.807, 2.05) is 34.6 Å². The van der Waals surface area contributed by atoms with E-state index in [-0.39, 0.29) is 0 Å². The standard InChI is InChI=1S/C14H16N4S/c15-8-12-7-14(19-11-12)10-17-5-1-3-13(17)9-18-6-2-4-16-18/h2,4,6-7,11,13H,1,3,5,9-10H2. The predicted octanol–water partition coefficient (Wildman–Crippen LogP) is 2.48. The van der Waals surface area contributed by atoms with Crippen LogP contribution in [-0.2, 0) is 13.1 Å². The van der Waals surface area contributed by atoms with Crippen molar-refractivity contribution in [2.24, 2.45) is 0 Å². The van der Waals surface area contributed by atoms with E-state index >= 15 is 0 Å². The molecule has 2 aromatic rings. The van der Waals surface area contributed by atoms with Crippen molar-refractivity contribution in [3.8, 4) is 6.07 Å². The van der Waals surface area contributed by atoms with E-state index in [0.717, 1.165) is 25.2 Å². The van der Waals surface area contributed by atoms with Gasteiger partial charge in [0.15, 0.2) is 0 Å². The summed E-state index contributed by atoms with van der Waals surface area (Å²) in [6, 6.07) is 6.74. The lowest BCUT2D eigenvalue weighted by atomic mass is 10.2. The van der Waals surface area contributed by atoms with Gasteiger partial charge in [-0.3, -0.25) is 9.58 Å². The first-order chi connectivity index (χ1) is 9.35. The molecule has 1 saturated heterocycles. The van der Waals surface area contributed by atoms with Crippen LogP contribution in [0.4, 0.5) is 0 Å². The number of rotatable bonds is 4. The second-order valence-corrected chi connectivity index (χ2v) is 5.90. The van der Waals surface area contributed by atoms with Crippen molar-refractivity contribution in [2.45, 2.75) is 32.0 Å². The minimum atomic E-state index is 0.563. The average molecular weight is 272 g/mol. The molecule has 0 N–H and O–H groups in total. The van der Waals surface area contributed by atoms with Crippen LogP contribution in [0, 0.1) is 11.3 Å². The second-order valence-electron chi connectivity index (χ2n) is 4.91. The van der Waals surface area contributed by atoms with Gasteiger partial charge in [0.1, 0.15) is 6.07 Å². The Bertz CT molecular complexity index is 567. The largest absolute Gasteiger partial charge is 0.293 e. The van der Waals surface area contributed by atoms with Gasteiger partial charge in [-0.2, -0.15) is 10.4 Å². The van der Waals surface area contributed by atoms with Crippen molar-refractivity contribution in [1.29, 1.82) is 5.26 Å². The molecule has 98 valence electrons. The van der Waals surface area contributed by atoms with Crippen molar-refractivity contribution in [3.63, 3.8) is 0 Å². The molecule has 19 heavy (non-hydrogen) atoms. The Morgan fingerprint density at radius 2 is 2.47 bits per heavy atom. The van der Waals surface area contributed by atoms with E-state index in [1.165, 1.54) is 17.7 Å².